The van der Waals surface area contributed by atoms with Crippen LogP contribution >= 0.6 is 23.1 Å². The Morgan fingerprint density at radius 3 is 2.57 bits per heavy atom. The van der Waals surface area contributed by atoms with Crippen LogP contribution < -0.4 is 0 Å². The van der Waals surface area contributed by atoms with Crippen LogP contribution in [0.4, 0.5) is 13.2 Å². The maximum Gasteiger partial charge on any atom is 0.355 e. The van der Waals surface area contributed by atoms with Gasteiger partial charge in [-0.2, -0.15) is 8.78 Å². The summed E-state index contributed by atoms with van der Waals surface area (Å²) < 4.78 is 51.3. The van der Waals surface area contributed by atoms with Crippen LogP contribution in [0.3, 0.4) is 0 Å². The fraction of sp³-hybridized carbons (Fsp3) is 0.640. The molecule has 12 heteroatoms. The molecule has 0 radical (unpaired) electrons. The number of carboxylic acids is 1. The molecule has 0 amide bonds. The van der Waals surface area contributed by atoms with Crippen molar-refractivity contribution in [1.82, 2.24) is 4.98 Å². The maximum atomic E-state index is 13.5. The minimum absolute atomic E-state index is 0.0279. The second-order valence-corrected chi connectivity index (χ2v) is 17.1. The first kappa shape index (κ1) is 31.6. The summed E-state index contributed by atoms with van der Waals surface area (Å²) in [6.45, 7) is 9.25. The molecular weight excluding hydrogens is 543 g/mol. The number of carbonyl (C=O) groups is 2. The molecule has 0 aromatic carbocycles. The van der Waals surface area contributed by atoms with E-state index in [2.05, 4.69) is 11.1 Å². The number of hydrogen-bond donors (Lipinski definition) is 1. The van der Waals surface area contributed by atoms with E-state index in [0.717, 1.165) is 19.3 Å². The van der Waals surface area contributed by atoms with E-state index in [9.17, 15) is 22.8 Å². The Morgan fingerprint density at radius 2 is 2.00 bits per heavy atom. The number of carbonyl (C=O) groups excluding carboxylic acids is 1. The summed E-state index contributed by atoms with van der Waals surface area (Å²) in [5.74, 6) is -1.87. The standard InChI is InChI=1S/C25H36F3NO5S2Si/c1-16(30)33-21-9-8-17(18(21)11-14-35-24-29-20(15-36-24)23(31)32)7-6-12-25(2,34-37(3,4)5)13-10-19(26)22(27)28/h6-7,15,17-18,21H,8-14H2,1-5H3,(H,31,32)/t17-,18+,21-,25?/m0/s1. The Labute approximate surface area is 225 Å². The van der Waals surface area contributed by atoms with E-state index >= 15 is 0 Å². The van der Waals surface area contributed by atoms with E-state index in [1.165, 1.54) is 35.4 Å². The Bertz CT molecular complexity index is 993. The third kappa shape index (κ3) is 10.9. The number of nitrogens with zero attached hydrogens (tertiary/aromatic N) is 1. The first-order valence-electron chi connectivity index (χ1n) is 12.2. The Morgan fingerprint density at radius 1 is 1.30 bits per heavy atom. The van der Waals surface area contributed by atoms with Gasteiger partial charge >= 0.3 is 18.0 Å². The minimum Gasteiger partial charge on any atom is -0.476 e. The molecule has 37 heavy (non-hydrogen) atoms. The van der Waals surface area contributed by atoms with Crippen LogP contribution in [0, 0.1) is 11.8 Å². The van der Waals surface area contributed by atoms with Crippen molar-refractivity contribution >= 4 is 43.4 Å². The predicted molar refractivity (Wildman–Crippen MR) is 142 cm³/mol. The summed E-state index contributed by atoms with van der Waals surface area (Å²) in [4.78, 5) is 26.8. The molecule has 1 aliphatic carbocycles. The second kappa shape index (κ2) is 14.0. The summed E-state index contributed by atoms with van der Waals surface area (Å²) >= 11 is 2.76. The SMILES string of the molecule is CC(=O)O[C@H]1CC[C@H](C=CCC(C)(CCC(F)=C(F)F)O[Si](C)(C)C)[C@H]1CCSc1nc(C(=O)O)cs1. The van der Waals surface area contributed by atoms with Gasteiger partial charge in [-0.1, -0.05) is 23.9 Å². The van der Waals surface area contributed by atoms with E-state index in [1.54, 1.807) is 0 Å². The van der Waals surface area contributed by atoms with Crippen molar-refractivity contribution in [2.75, 3.05) is 5.75 Å². The number of carboxylic acid groups (broad SMARTS) is 1. The van der Waals surface area contributed by atoms with Crippen molar-refractivity contribution in [1.29, 1.82) is 0 Å². The number of thioether (sulfide) groups is 1. The number of ether oxygens (including phenoxy) is 1. The van der Waals surface area contributed by atoms with Gasteiger partial charge in [0, 0.05) is 30.4 Å². The number of halogens is 3. The Hall–Kier alpha value is -1.63. The molecule has 0 spiro atoms. The van der Waals surface area contributed by atoms with E-state index in [1.807, 2.05) is 32.6 Å². The van der Waals surface area contributed by atoms with Crippen LogP contribution in [0.2, 0.25) is 19.6 Å². The van der Waals surface area contributed by atoms with Gasteiger partial charge in [0.25, 0.3) is 0 Å². The molecule has 1 fully saturated rings. The summed E-state index contributed by atoms with van der Waals surface area (Å²) in [5, 5.41) is 10.6. The van der Waals surface area contributed by atoms with Gasteiger partial charge in [0.15, 0.2) is 24.2 Å². The van der Waals surface area contributed by atoms with Crippen molar-refractivity contribution < 1.29 is 37.0 Å². The van der Waals surface area contributed by atoms with E-state index in [0.29, 0.717) is 16.5 Å². The summed E-state index contributed by atoms with van der Waals surface area (Å²) in [7, 11) is -2.03. The van der Waals surface area contributed by atoms with Crippen molar-refractivity contribution in [3.8, 4) is 0 Å². The summed E-state index contributed by atoms with van der Waals surface area (Å²) in [6, 6.07) is 0. The van der Waals surface area contributed by atoms with Crippen LogP contribution in [-0.2, 0) is 14.0 Å². The third-order valence-electron chi connectivity index (χ3n) is 6.07. The van der Waals surface area contributed by atoms with Gasteiger partial charge in [-0.3, -0.25) is 4.79 Å². The zero-order valence-electron chi connectivity index (χ0n) is 21.9. The minimum atomic E-state index is -2.29. The lowest BCUT2D eigenvalue weighted by Gasteiger charge is -2.36. The predicted octanol–water partition coefficient (Wildman–Crippen LogP) is 7.70. The second-order valence-electron chi connectivity index (χ2n) is 10.5. The highest BCUT2D eigenvalue weighted by Gasteiger charge is 2.37. The number of thiazole rings is 1. The van der Waals surface area contributed by atoms with Crippen LogP contribution in [0.15, 0.2) is 33.8 Å². The monoisotopic (exact) mass is 579 g/mol. The quantitative estimate of drug-likeness (QED) is 0.105. The van der Waals surface area contributed by atoms with E-state index in [4.69, 9.17) is 14.3 Å². The highest BCUT2D eigenvalue weighted by Crippen LogP contribution is 2.40. The van der Waals surface area contributed by atoms with Crippen LogP contribution in [-0.4, -0.2) is 47.8 Å². The fourth-order valence-corrected chi connectivity index (χ4v) is 8.23. The average molecular weight is 580 g/mol. The zero-order chi connectivity index (χ0) is 27.8. The molecule has 0 bridgehead atoms. The summed E-state index contributed by atoms with van der Waals surface area (Å²) in [5.41, 5.74) is -0.750. The average Bonchev–Trinajstić information content (AvgIpc) is 3.38. The van der Waals surface area contributed by atoms with Gasteiger partial charge in [-0.05, 0) is 64.6 Å². The van der Waals surface area contributed by atoms with E-state index < -0.39 is 31.8 Å². The molecule has 2 rings (SSSR count). The number of hydrogen-bond acceptors (Lipinski definition) is 7. The van der Waals surface area contributed by atoms with Gasteiger partial charge in [0.2, 0.25) is 0 Å². The number of rotatable bonds is 14. The molecule has 0 saturated heterocycles. The summed E-state index contributed by atoms with van der Waals surface area (Å²) in [6.07, 6.45) is 4.08. The molecule has 1 saturated carbocycles. The third-order valence-corrected chi connectivity index (χ3v) is 9.23. The van der Waals surface area contributed by atoms with Crippen molar-refractivity contribution in [2.45, 2.75) is 88.1 Å². The molecule has 0 aliphatic heterocycles. The van der Waals surface area contributed by atoms with Gasteiger partial charge in [-0.15, -0.1) is 11.3 Å². The molecule has 1 heterocycles. The highest BCUT2D eigenvalue weighted by atomic mass is 32.2. The molecule has 4 atom stereocenters. The topological polar surface area (TPSA) is 85.7 Å². The van der Waals surface area contributed by atoms with Gasteiger partial charge < -0.3 is 14.3 Å². The lowest BCUT2D eigenvalue weighted by Crippen LogP contribution is -2.40. The van der Waals surface area contributed by atoms with Crippen LogP contribution in [0.25, 0.3) is 0 Å². The van der Waals surface area contributed by atoms with E-state index in [-0.39, 0.29) is 42.4 Å². The smallest absolute Gasteiger partial charge is 0.355 e. The zero-order valence-corrected chi connectivity index (χ0v) is 24.5. The molecule has 1 N–H and O–H groups in total. The van der Waals surface area contributed by atoms with Gasteiger partial charge in [0.05, 0.1) is 5.60 Å². The largest absolute Gasteiger partial charge is 0.476 e. The molecule has 6 nitrogen and oxygen atoms in total. The normalized spacial score (nSPS) is 21.7. The number of aromatic carboxylic acids is 1. The van der Waals surface area contributed by atoms with Crippen LogP contribution in [0.1, 0.15) is 62.9 Å². The first-order valence-corrected chi connectivity index (χ1v) is 17.5. The van der Waals surface area contributed by atoms with Crippen LogP contribution in [0.5, 0.6) is 0 Å². The van der Waals surface area contributed by atoms with Crippen molar-refractivity contribution in [2.24, 2.45) is 11.8 Å². The van der Waals surface area contributed by atoms with Crippen molar-refractivity contribution in [3.63, 3.8) is 0 Å². The van der Waals surface area contributed by atoms with Gasteiger partial charge in [0.1, 0.15) is 6.10 Å². The van der Waals surface area contributed by atoms with Gasteiger partial charge in [-0.25, -0.2) is 14.2 Å². The van der Waals surface area contributed by atoms with Crippen molar-refractivity contribution in [3.05, 3.63) is 35.1 Å². The lowest BCUT2D eigenvalue weighted by molar-refractivity contribution is -0.148. The Balaban J connectivity index is 2.07. The first-order chi connectivity index (χ1) is 17.2. The number of esters is 1. The molecule has 208 valence electrons. The molecule has 1 unspecified atom stereocenters. The molecular formula is C25H36F3NO5S2Si. The molecule has 1 aliphatic rings. The fourth-order valence-electron chi connectivity index (χ4n) is 4.66. The Kier molecular flexibility index (Phi) is 11.9. The lowest BCUT2D eigenvalue weighted by atomic mass is 9.90. The highest BCUT2D eigenvalue weighted by molar-refractivity contribution is 8.01. The number of allylic oxidation sites excluding steroid dienone is 2. The molecule has 1 aromatic rings. The maximum absolute atomic E-state index is 13.5. The number of aromatic nitrogens is 1. The molecule has 1 aromatic heterocycles.